The van der Waals surface area contributed by atoms with Crippen LogP contribution in [0.3, 0.4) is 0 Å². The minimum Gasteiger partial charge on any atom is -0.481 e. The molecule has 0 aromatic heterocycles. The van der Waals surface area contributed by atoms with E-state index in [1.807, 2.05) is 6.92 Å². The Hall–Kier alpha value is -1.30. The molecule has 0 heterocycles. The Labute approximate surface area is 127 Å². The highest BCUT2D eigenvalue weighted by molar-refractivity contribution is 5.74. The Bertz CT molecular complexity index is 328. The topological polar surface area (TPSA) is 90.5 Å². The van der Waals surface area contributed by atoms with E-state index >= 15 is 0 Å². The number of urea groups is 1. The van der Waals surface area contributed by atoms with Crippen molar-refractivity contribution in [3.63, 3.8) is 0 Å². The second kappa shape index (κ2) is 9.60. The molecule has 0 aromatic rings. The number of carbonyl (C=O) groups excluding carboxylic acids is 1. The number of hydrogen-bond acceptors (Lipinski definition) is 3. The number of nitrogens with one attached hydrogen (secondary N) is 3. The van der Waals surface area contributed by atoms with Gasteiger partial charge >= 0.3 is 12.0 Å². The SMILES string of the molecule is CCNCCCNC(=O)NCC1(CC(=O)O)CCCCC1. The van der Waals surface area contributed by atoms with Gasteiger partial charge in [-0.15, -0.1) is 0 Å². The van der Waals surface area contributed by atoms with Gasteiger partial charge in [0.25, 0.3) is 0 Å². The smallest absolute Gasteiger partial charge is 0.314 e. The minimum absolute atomic E-state index is 0.147. The predicted molar refractivity (Wildman–Crippen MR) is 82.3 cm³/mol. The highest BCUT2D eigenvalue weighted by atomic mass is 16.4. The van der Waals surface area contributed by atoms with Crippen molar-refractivity contribution in [2.24, 2.45) is 5.41 Å². The molecule has 1 fully saturated rings. The molecule has 0 unspecified atom stereocenters. The molecule has 0 aromatic carbocycles. The van der Waals surface area contributed by atoms with E-state index in [0.717, 1.165) is 51.6 Å². The fourth-order valence-corrected chi connectivity index (χ4v) is 2.96. The molecule has 0 atom stereocenters. The third-order valence-electron chi connectivity index (χ3n) is 4.13. The highest BCUT2D eigenvalue weighted by Gasteiger charge is 2.34. The summed E-state index contributed by atoms with van der Waals surface area (Å²) in [5.41, 5.74) is -0.259. The van der Waals surface area contributed by atoms with Crippen LogP contribution in [0.1, 0.15) is 51.9 Å². The Balaban J connectivity index is 2.28. The van der Waals surface area contributed by atoms with Gasteiger partial charge in [-0.05, 0) is 37.8 Å². The summed E-state index contributed by atoms with van der Waals surface area (Å²) in [7, 11) is 0. The molecule has 1 rings (SSSR count). The lowest BCUT2D eigenvalue weighted by molar-refractivity contribution is -0.140. The summed E-state index contributed by atoms with van der Waals surface area (Å²) in [6, 6.07) is -0.193. The van der Waals surface area contributed by atoms with Crippen molar-refractivity contribution in [2.45, 2.75) is 51.9 Å². The quantitative estimate of drug-likeness (QED) is 0.488. The van der Waals surface area contributed by atoms with Crippen molar-refractivity contribution in [1.29, 1.82) is 0 Å². The largest absolute Gasteiger partial charge is 0.481 e. The van der Waals surface area contributed by atoms with Crippen molar-refractivity contribution in [2.75, 3.05) is 26.2 Å². The molecule has 6 heteroatoms. The lowest BCUT2D eigenvalue weighted by Crippen LogP contribution is -2.44. The van der Waals surface area contributed by atoms with Gasteiger partial charge in [-0.1, -0.05) is 26.2 Å². The number of rotatable bonds is 9. The zero-order valence-electron chi connectivity index (χ0n) is 13.0. The van der Waals surface area contributed by atoms with Gasteiger partial charge < -0.3 is 21.1 Å². The van der Waals surface area contributed by atoms with Gasteiger partial charge in [0.1, 0.15) is 0 Å². The van der Waals surface area contributed by atoms with Crippen LogP contribution < -0.4 is 16.0 Å². The molecule has 0 saturated heterocycles. The Morgan fingerprint density at radius 3 is 2.43 bits per heavy atom. The number of carbonyl (C=O) groups is 2. The monoisotopic (exact) mass is 299 g/mol. The number of carboxylic acids is 1. The Kier molecular flexibility index (Phi) is 8.12. The van der Waals surface area contributed by atoms with Gasteiger partial charge in [0.15, 0.2) is 0 Å². The molecule has 0 bridgehead atoms. The molecule has 1 aliphatic carbocycles. The van der Waals surface area contributed by atoms with Crippen LogP contribution in [0.15, 0.2) is 0 Å². The van der Waals surface area contributed by atoms with Gasteiger partial charge in [0.05, 0.1) is 6.42 Å². The summed E-state index contributed by atoms with van der Waals surface area (Å²) in [6.07, 6.45) is 6.09. The minimum atomic E-state index is -0.773. The van der Waals surface area contributed by atoms with E-state index in [0.29, 0.717) is 13.1 Å². The van der Waals surface area contributed by atoms with E-state index in [1.165, 1.54) is 0 Å². The van der Waals surface area contributed by atoms with Crippen LogP contribution in [0.2, 0.25) is 0 Å². The maximum Gasteiger partial charge on any atom is 0.314 e. The third-order valence-corrected chi connectivity index (χ3v) is 4.13. The summed E-state index contributed by atoms with van der Waals surface area (Å²) >= 11 is 0. The molecule has 21 heavy (non-hydrogen) atoms. The summed E-state index contributed by atoms with van der Waals surface area (Å²) < 4.78 is 0. The van der Waals surface area contributed by atoms with Gasteiger partial charge in [-0.3, -0.25) is 4.79 Å². The van der Waals surface area contributed by atoms with Crippen molar-refractivity contribution < 1.29 is 14.7 Å². The molecule has 1 aliphatic rings. The normalized spacial score (nSPS) is 17.2. The van der Waals surface area contributed by atoms with Crippen LogP contribution in [-0.4, -0.2) is 43.3 Å². The maximum atomic E-state index is 11.8. The van der Waals surface area contributed by atoms with Crippen LogP contribution in [0.4, 0.5) is 4.79 Å². The number of hydrogen-bond donors (Lipinski definition) is 4. The number of aliphatic carboxylic acids is 1. The van der Waals surface area contributed by atoms with Crippen LogP contribution in [0.5, 0.6) is 0 Å². The first-order chi connectivity index (χ1) is 10.1. The number of carboxylic acid groups (broad SMARTS) is 1. The van der Waals surface area contributed by atoms with Gasteiger partial charge in [-0.2, -0.15) is 0 Å². The molecule has 4 N–H and O–H groups in total. The van der Waals surface area contributed by atoms with Crippen LogP contribution in [0.25, 0.3) is 0 Å². The Morgan fingerprint density at radius 2 is 1.81 bits per heavy atom. The van der Waals surface area contributed by atoms with E-state index in [2.05, 4.69) is 16.0 Å². The summed E-state index contributed by atoms with van der Waals surface area (Å²) in [6.45, 7) is 4.96. The zero-order chi connectivity index (χ0) is 15.6. The van der Waals surface area contributed by atoms with Crippen LogP contribution >= 0.6 is 0 Å². The summed E-state index contributed by atoms with van der Waals surface area (Å²) in [4.78, 5) is 22.8. The number of amides is 2. The first kappa shape index (κ1) is 17.8. The molecule has 0 spiro atoms. The highest BCUT2D eigenvalue weighted by Crippen LogP contribution is 2.38. The molecule has 6 nitrogen and oxygen atoms in total. The maximum absolute atomic E-state index is 11.8. The zero-order valence-corrected chi connectivity index (χ0v) is 13.0. The first-order valence-corrected chi connectivity index (χ1v) is 8.02. The van der Waals surface area contributed by atoms with Gasteiger partial charge in [0.2, 0.25) is 0 Å². The van der Waals surface area contributed by atoms with Crippen molar-refractivity contribution in [1.82, 2.24) is 16.0 Å². The van der Waals surface area contributed by atoms with E-state index in [1.54, 1.807) is 0 Å². The molecular weight excluding hydrogens is 270 g/mol. The van der Waals surface area contributed by atoms with Gasteiger partial charge in [-0.25, -0.2) is 4.79 Å². The van der Waals surface area contributed by atoms with E-state index < -0.39 is 5.97 Å². The van der Waals surface area contributed by atoms with E-state index in [9.17, 15) is 9.59 Å². The summed E-state index contributed by atoms with van der Waals surface area (Å²) in [5.74, 6) is -0.773. The van der Waals surface area contributed by atoms with Crippen LogP contribution in [-0.2, 0) is 4.79 Å². The van der Waals surface area contributed by atoms with Crippen molar-refractivity contribution in [3.05, 3.63) is 0 Å². The van der Waals surface area contributed by atoms with Crippen LogP contribution in [0, 0.1) is 5.41 Å². The third kappa shape index (κ3) is 7.32. The average molecular weight is 299 g/mol. The molecule has 2 amide bonds. The molecule has 1 saturated carbocycles. The van der Waals surface area contributed by atoms with E-state index in [4.69, 9.17) is 5.11 Å². The van der Waals surface area contributed by atoms with Crippen molar-refractivity contribution in [3.8, 4) is 0 Å². The predicted octanol–water partition coefficient (Wildman–Crippen LogP) is 1.71. The molecule has 0 radical (unpaired) electrons. The molecule has 0 aliphatic heterocycles. The standard InChI is InChI=1S/C15H29N3O3/c1-2-16-9-6-10-17-14(21)18-12-15(11-13(19)20)7-4-3-5-8-15/h16H,2-12H2,1H3,(H,19,20)(H2,17,18,21). The second-order valence-electron chi connectivity index (χ2n) is 5.95. The van der Waals surface area contributed by atoms with Crippen molar-refractivity contribution >= 4 is 12.0 Å². The lowest BCUT2D eigenvalue weighted by Gasteiger charge is -2.36. The van der Waals surface area contributed by atoms with Gasteiger partial charge in [0, 0.05) is 13.1 Å². The Morgan fingerprint density at radius 1 is 1.10 bits per heavy atom. The fraction of sp³-hybridized carbons (Fsp3) is 0.867. The average Bonchev–Trinajstić information content (AvgIpc) is 2.45. The second-order valence-corrected chi connectivity index (χ2v) is 5.95. The first-order valence-electron chi connectivity index (χ1n) is 8.02. The van der Waals surface area contributed by atoms with E-state index in [-0.39, 0.29) is 17.9 Å². The molecule has 122 valence electrons. The lowest BCUT2D eigenvalue weighted by atomic mass is 9.72. The summed E-state index contributed by atoms with van der Waals surface area (Å²) in [5, 5.41) is 18.0. The fourth-order valence-electron chi connectivity index (χ4n) is 2.96. The molecular formula is C15H29N3O3.